The molecule has 0 bridgehead atoms. The van der Waals surface area contributed by atoms with Gasteiger partial charge in [0.1, 0.15) is 12.4 Å². The summed E-state index contributed by atoms with van der Waals surface area (Å²) < 4.78 is 7.54. The van der Waals surface area contributed by atoms with Gasteiger partial charge in [0.15, 0.2) is 0 Å². The standard InChI is InChI=1S/C15H14ClN5OS/c1-21-15(18-19-20-21)23-10-12-7-13(16)4-5-14(12)22-9-11-3-2-6-17-8-11/h2-8H,9-10H2,1H3. The molecule has 6 nitrogen and oxygen atoms in total. The Labute approximate surface area is 142 Å². The van der Waals surface area contributed by atoms with Crippen molar-refractivity contribution in [3.05, 3.63) is 58.9 Å². The van der Waals surface area contributed by atoms with Gasteiger partial charge in [-0.1, -0.05) is 29.4 Å². The molecule has 3 aromatic rings. The molecule has 1 aromatic carbocycles. The number of ether oxygens (including phenoxy) is 1. The van der Waals surface area contributed by atoms with Crippen LogP contribution in [-0.2, 0) is 19.4 Å². The van der Waals surface area contributed by atoms with Crippen molar-refractivity contribution in [1.82, 2.24) is 25.2 Å². The van der Waals surface area contributed by atoms with Crippen molar-refractivity contribution >= 4 is 23.4 Å². The quantitative estimate of drug-likeness (QED) is 0.638. The Balaban J connectivity index is 1.71. The first-order chi connectivity index (χ1) is 11.2. The zero-order valence-electron chi connectivity index (χ0n) is 12.4. The van der Waals surface area contributed by atoms with Crippen LogP contribution in [-0.4, -0.2) is 25.2 Å². The summed E-state index contributed by atoms with van der Waals surface area (Å²) in [7, 11) is 1.81. The molecule has 0 aliphatic rings. The van der Waals surface area contributed by atoms with Gasteiger partial charge in [-0.2, -0.15) is 0 Å². The minimum atomic E-state index is 0.457. The largest absolute Gasteiger partial charge is 0.489 e. The van der Waals surface area contributed by atoms with Crippen LogP contribution < -0.4 is 4.74 Å². The van der Waals surface area contributed by atoms with Crippen LogP contribution in [0.15, 0.2) is 47.9 Å². The van der Waals surface area contributed by atoms with Crippen molar-refractivity contribution in [1.29, 1.82) is 0 Å². The lowest BCUT2D eigenvalue weighted by Crippen LogP contribution is -1.99. The van der Waals surface area contributed by atoms with Crippen molar-refractivity contribution in [2.24, 2.45) is 7.05 Å². The highest BCUT2D eigenvalue weighted by atomic mass is 35.5. The van der Waals surface area contributed by atoms with Crippen LogP contribution >= 0.6 is 23.4 Å². The Bertz CT molecular complexity index is 781. The smallest absolute Gasteiger partial charge is 0.209 e. The van der Waals surface area contributed by atoms with Gasteiger partial charge in [0.25, 0.3) is 0 Å². The maximum atomic E-state index is 6.11. The summed E-state index contributed by atoms with van der Waals surface area (Å²) in [4.78, 5) is 4.08. The van der Waals surface area contributed by atoms with Crippen LogP contribution in [0.2, 0.25) is 5.02 Å². The third-order valence-electron chi connectivity index (χ3n) is 3.08. The predicted molar refractivity (Wildman–Crippen MR) is 88.4 cm³/mol. The van der Waals surface area contributed by atoms with Crippen LogP contribution in [0.5, 0.6) is 5.75 Å². The highest BCUT2D eigenvalue weighted by Gasteiger charge is 2.09. The molecule has 2 heterocycles. The zero-order chi connectivity index (χ0) is 16.1. The monoisotopic (exact) mass is 347 g/mol. The van der Waals surface area contributed by atoms with E-state index in [1.165, 1.54) is 11.8 Å². The molecule has 23 heavy (non-hydrogen) atoms. The molecule has 0 atom stereocenters. The molecule has 0 fully saturated rings. The second kappa shape index (κ2) is 7.43. The van der Waals surface area contributed by atoms with E-state index in [9.17, 15) is 0 Å². The number of hydrogen-bond donors (Lipinski definition) is 0. The van der Waals surface area contributed by atoms with Gasteiger partial charge in [-0.05, 0) is 34.7 Å². The predicted octanol–water partition coefficient (Wildman–Crippen LogP) is 3.13. The molecule has 0 spiro atoms. The Morgan fingerprint density at radius 1 is 1.30 bits per heavy atom. The van der Waals surface area contributed by atoms with E-state index in [1.54, 1.807) is 24.1 Å². The van der Waals surface area contributed by atoms with Gasteiger partial charge in [-0.3, -0.25) is 4.98 Å². The highest BCUT2D eigenvalue weighted by molar-refractivity contribution is 7.98. The second-order valence-electron chi connectivity index (χ2n) is 4.78. The highest BCUT2D eigenvalue weighted by Crippen LogP contribution is 2.29. The molecule has 8 heteroatoms. The molecule has 3 rings (SSSR count). The normalized spacial score (nSPS) is 10.7. The Morgan fingerprint density at radius 3 is 2.96 bits per heavy atom. The van der Waals surface area contributed by atoms with Gasteiger partial charge in [0.2, 0.25) is 5.16 Å². The topological polar surface area (TPSA) is 65.7 Å². The Hall–Kier alpha value is -2.12. The number of hydrogen-bond acceptors (Lipinski definition) is 6. The zero-order valence-corrected chi connectivity index (χ0v) is 14.0. The molecular weight excluding hydrogens is 334 g/mol. The van der Waals surface area contributed by atoms with E-state index in [1.807, 2.05) is 30.3 Å². The lowest BCUT2D eigenvalue weighted by molar-refractivity contribution is 0.303. The fourth-order valence-corrected chi connectivity index (χ4v) is 2.95. The van der Waals surface area contributed by atoms with E-state index < -0.39 is 0 Å². The third kappa shape index (κ3) is 4.20. The molecular formula is C15H14ClN5OS. The van der Waals surface area contributed by atoms with E-state index in [0.29, 0.717) is 17.4 Å². The summed E-state index contributed by atoms with van der Waals surface area (Å²) in [6.45, 7) is 0.457. The van der Waals surface area contributed by atoms with E-state index in [2.05, 4.69) is 20.5 Å². The number of aromatic nitrogens is 5. The molecule has 0 saturated heterocycles. The van der Waals surface area contributed by atoms with Crippen molar-refractivity contribution in [2.75, 3.05) is 0 Å². The number of pyridine rings is 1. The first-order valence-corrected chi connectivity index (χ1v) is 8.24. The van der Waals surface area contributed by atoms with Crippen LogP contribution in [0.4, 0.5) is 0 Å². The molecule has 2 aromatic heterocycles. The number of halogens is 1. The molecule has 0 saturated carbocycles. The SMILES string of the molecule is Cn1nnnc1SCc1cc(Cl)ccc1OCc1cccnc1. The number of rotatable bonds is 6. The van der Waals surface area contributed by atoms with Gasteiger partial charge in [0.05, 0.1) is 0 Å². The molecule has 0 aliphatic carbocycles. The lowest BCUT2D eigenvalue weighted by Gasteiger charge is -2.11. The third-order valence-corrected chi connectivity index (χ3v) is 4.37. The molecule has 0 N–H and O–H groups in total. The van der Waals surface area contributed by atoms with Gasteiger partial charge in [-0.15, -0.1) is 5.10 Å². The summed E-state index contributed by atoms with van der Waals surface area (Å²) in [6.07, 6.45) is 3.53. The van der Waals surface area contributed by atoms with E-state index >= 15 is 0 Å². The van der Waals surface area contributed by atoms with Crippen LogP contribution in [0.1, 0.15) is 11.1 Å². The van der Waals surface area contributed by atoms with Crippen LogP contribution in [0, 0.1) is 0 Å². The fourth-order valence-electron chi connectivity index (χ4n) is 1.93. The molecule has 0 unspecified atom stereocenters. The summed E-state index contributed by atoms with van der Waals surface area (Å²) in [5, 5.41) is 12.8. The first kappa shape index (κ1) is 15.8. The van der Waals surface area contributed by atoms with E-state index in [0.717, 1.165) is 22.0 Å². The van der Waals surface area contributed by atoms with Crippen LogP contribution in [0.3, 0.4) is 0 Å². The van der Waals surface area contributed by atoms with Gasteiger partial charge < -0.3 is 4.74 Å². The maximum Gasteiger partial charge on any atom is 0.209 e. The summed E-state index contributed by atoms with van der Waals surface area (Å²) in [5.41, 5.74) is 2.01. The van der Waals surface area contributed by atoms with Crippen molar-refractivity contribution in [3.8, 4) is 5.75 Å². The Morgan fingerprint density at radius 2 is 2.22 bits per heavy atom. The van der Waals surface area contributed by atoms with E-state index in [4.69, 9.17) is 16.3 Å². The number of thioether (sulfide) groups is 1. The van der Waals surface area contributed by atoms with Crippen molar-refractivity contribution in [2.45, 2.75) is 17.5 Å². The molecule has 0 amide bonds. The Kier molecular flexibility index (Phi) is 5.09. The molecule has 0 radical (unpaired) electrons. The molecule has 118 valence electrons. The average Bonchev–Trinajstić information content (AvgIpc) is 2.98. The number of aryl methyl sites for hydroxylation is 1. The number of nitrogens with zero attached hydrogens (tertiary/aromatic N) is 5. The minimum Gasteiger partial charge on any atom is -0.489 e. The lowest BCUT2D eigenvalue weighted by atomic mass is 10.2. The van der Waals surface area contributed by atoms with E-state index in [-0.39, 0.29) is 0 Å². The minimum absolute atomic E-state index is 0.457. The van der Waals surface area contributed by atoms with Gasteiger partial charge in [0, 0.05) is 41.3 Å². The summed E-state index contributed by atoms with van der Waals surface area (Å²) >= 11 is 7.63. The van der Waals surface area contributed by atoms with Gasteiger partial charge in [-0.25, -0.2) is 4.68 Å². The average molecular weight is 348 g/mol. The number of tetrazole rings is 1. The first-order valence-electron chi connectivity index (χ1n) is 6.87. The fraction of sp³-hybridized carbons (Fsp3) is 0.200. The van der Waals surface area contributed by atoms with Crippen molar-refractivity contribution < 1.29 is 4.74 Å². The van der Waals surface area contributed by atoms with Crippen molar-refractivity contribution in [3.63, 3.8) is 0 Å². The summed E-state index contributed by atoms with van der Waals surface area (Å²) in [6, 6.07) is 9.46. The number of benzene rings is 1. The van der Waals surface area contributed by atoms with Crippen LogP contribution in [0.25, 0.3) is 0 Å². The summed E-state index contributed by atoms with van der Waals surface area (Å²) in [5.74, 6) is 1.46. The molecule has 0 aliphatic heterocycles. The second-order valence-corrected chi connectivity index (χ2v) is 6.15. The van der Waals surface area contributed by atoms with Gasteiger partial charge >= 0.3 is 0 Å². The maximum absolute atomic E-state index is 6.11.